The Hall–Kier alpha value is -2.75. The number of hydrogen-bond donors (Lipinski definition) is 2. The third-order valence-electron chi connectivity index (χ3n) is 4.71. The van der Waals surface area contributed by atoms with Crippen LogP contribution in [-0.2, 0) is 9.84 Å². The Kier molecular flexibility index (Phi) is 7.20. The minimum absolute atomic E-state index is 0.00683. The molecule has 0 saturated carbocycles. The van der Waals surface area contributed by atoms with Crippen molar-refractivity contribution in [2.45, 2.75) is 24.3 Å². The SMILES string of the molecule is CCNC(=NCCS(=O)(=O)c1ccccc1F)NC1CCN(c2ncccc2F)C1. The van der Waals surface area contributed by atoms with Gasteiger partial charge in [0.15, 0.2) is 27.4 Å². The second kappa shape index (κ2) is 9.84. The zero-order valence-electron chi connectivity index (χ0n) is 16.7. The van der Waals surface area contributed by atoms with Crippen molar-refractivity contribution >= 4 is 21.6 Å². The highest BCUT2D eigenvalue weighted by Gasteiger charge is 2.26. The first kappa shape index (κ1) is 21.9. The topological polar surface area (TPSA) is 86.7 Å². The lowest BCUT2D eigenvalue weighted by Crippen LogP contribution is -2.45. The molecule has 7 nitrogen and oxygen atoms in total. The van der Waals surface area contributed by atoms with Gasteiger partial charge < -0.3 is 15.5 Å². The van der Waals surface area contributed by atoms with Gasteiger partial charge in [-0.3, -0.25) is 4.99 Å². The van der Waals surface area contributed by atoms with Crippen LogP contribution in [0.1, 0.15) is 13.3 Å². The summed E-state index contributed by atoms with van der Waals surface area (Å²) < 4.78 is 52.5. The van der Waals surface area contributed by atoms with Gasteiger partial charge in [-0.25, -0.2) is 22.2 Å². The molecule has 162 valence electrons. The third kappa shape index (κ3) is 5.44. The predicted octanol–water partition coefficient (Wildman–Crippen LogP) is 1.97. The van der Waals surface area contributed by atoms with Gasteiger partial charge in [0.2, 0.25) is 0 Å². The van der Waals surface area contributed by atoms with Crippen LogP contribution in [0.2, 0.25) is 0 Å². The van der Waals surface area contributed by atoms with Gasteiger partial charge in [0.05, 0.1) is 12.3 Å². The van der Waals surface area contributed by atoms with E-state index in [0.717, 1.165) is 12.5 Å². The molecule has 1 aromatic carbocycles. The average molecular weight is 438 g/mol. The molecule has 1 aromatic heterocycles. The van der Waals surface area contributed by atoms with Crippen LogP contribution in [0.4, 0.5) is 14.6 Å². The van der Waals surface area contributed by atoms with Crippen molar-refractivity contribution in [2.75, 3.05) is 36.8 Å². The Morgan fingerprint density at radius 1 is 1.23 bits per heavy atom. The number of pyridine rings is 1. The first-order valence-corrected chi connectivity index (χ1v) is 11.4. The highest BCUT2D eigenvalue weighted by molar-refractivity contribution is 7.91. The summed E-state index contributed by atoms with van der Waals surface area (Å²) >= 11 is 0. The number of rotatable bonds is 7. The van der Waals surface area contributed by atoms with Gasteiger partial charge in [0.1, 0.15) is 10.7 Å². The lowest BCUT2D eigenvalue weighted by atomic mass is 10.3. The largest absolute Gasteiger partial charge is 0.357 e. The molecule has 10 heteroatoms. The minimum Gasteiger partial charge on any atom is -0.357 e. The predicted molar refractivity (Wildman–Crippen MR) is 112 cm³/mol. The summed E-state index contributed by atoms with van der Waals surface area (Å²) in [5.74, 6) is -0.647. The molecule has 0 amide bonds. The van der Waals surface area contributed by atoms with Crippen molar-refractivity contribution < 1.29 is 17.2 Å². The molecule has 2 N–H and O–H groups in total. The summed E-state index contributed by atoms with van der Waals surface area (Å²) in [6.45, 7) is 3.67. The Bertz CT molecular complexity index is 1000. The monoisotopic (exact) mass is 437 g/mol. The molecule has 1 atom stereocenters. The van der Waals surface area contributed by atoms with E-state index in [1.807, 2.05) is 11.8 Å². The van der Waals surface area contributed by atoms with Gasteiger partial charge in [-0.05, 0) is 37.6 Å². The number of guanidine groups is 1. The van der Waals surface area contributed by atoms with E-state index in [2.05, 4.69) is 20.6 Å². The van der Waals surface area contributed by atoms with Crippen LogP contribution in [0.25, 0.3) is 0 Å². The molecule has 30 heavy (non-hydrogen) atoms. The average Bonchev–Trinajstić information content (AvgIpc) is 3.17. The standard InChI is InChI=1S/C20H25F2N5O2S/c1-2-23-20(25-11-13-30(28,29)18-8-4-3-6-16(18)21)26-15-9-12-27(14-15)19-17(22)7-5-10-24-19/h3-8,10,15H,2,9,11-14H2,1H3,(H2,23,25,26). The minimum atomic E-state index is -3.77. The highest BCUT2D eigenvalue weighted by Crippen LogP contribution is 2.20. The smallest absolute Gasteiger partial charge is 0.191 e. The molecule has 1 aliphatic heterocycles. The van der Waals surface area contributed by atoms with E-state index in [-0.39, 0.29) is 29.1 Å². The fraction of sp³-hybridized carbons (Fsp3) is 0.400. The normalized spacial score (nSPS) is 17.2. The molecule has 0 aliphatic carbocycles. The Morgan fingerprint density at radius 2 is 2.00 bits per heavy atom. The summed E-state index contributed by atoms with van der Waals surface area (Å²) in [6.07, 6.45) is 2.31. The molecule has 0 spiro atoms. The van der Waals surface area contributed by atoms with Gasteiger partial charge in [0.25, 0.3) is 0 Å². The van der Waals surface area contributed by atoms with Gasteiger partial charge >= 0.3 is 0 Å². The van der Waals surface area contributed by atoms with Crippen molar-refractivity contribution in [3.8, 4) is 0 Å². The van der Waals surface area contributed by atoms with Crippen LogP contribution in [-0.4, -0.2) is 57.3 Å². The lowest BCUT2D eigenvalue weighted by Gasteiger charge is -2.20. The number of aromatic nitrogens is 1. The zero-order valence-corrected chi connectivity index (χ0v) is 17.5. The molecule has 2 aromatic rings. The number of aliphatic imine (C=N–C) groups is 1. The molecule has 1 saturated heterocycles. The molecule has 0 radical (unpaired) electrons. The van der Waals surface area contributed by atoms with Crippen molar-refractivity contribution in [1.29, 1.82) is 0 Å². The van der Waals surface area contributed by atoms with Crippen molar-refractivity contribution in [1.82, 2.24) is 15.6 Å². The third-order valence-corrected chi connectivity index (χ3v) is 6.43. The van der Waals surface area contributed by atoms with Crippen LogP contribution in [0.15, 0.2) is 52.5 Å². The molecular weight excluding hydrogens is 412 g/mol. The van der Waals surface area contributed by atoms with E-state index in [0.29, 0.717) is 31.4 Å². The van der Waals surface area contributed by atoms with Crippen LogP contribution in [0, 0.1) is 11.6 Å². The summed E-state index contributed by atoms with van der Waals surface area (Å²) in [5, 5.41) is 6.33. The maximum atomic E-state index is 14.0. The maximum absolute atomic E-state index is 14.0. The van der Waals surface area contributed by atoms with Crippen LogP contribution in [0.5, 0.6) is 0 Å². The van der Waals surface area contributed by atoms with Gasteiger partial charge in [-0.15, -0.1) is 0 Å². The number of nitrogens with one attached hydrogen (secondary N) is 2. The van der Waals surface area contributed by atoms with E-state index in [9.17, 15) is 17.2 Å². The van der Waals surface area contributed by atoms with E-state index in [1.165, 1.54) is 24.3 Å². The Balaban J connectivity index is 1.60. The van der Waals surface area contributed by atoms with Crippen molar-refractivity contribution in [2.24, 2.45) is 4.99 Å². The summed E-state index contributed by atoms with van der Waals surface area (Å²) in [6, 6.07) is 8.25. The zero-order chi connectivity index (χ0) is 21.6. The van der Waals surface area contributed by atoms with Crippen LogP contribution < -0.4 is 15.5 Å². The lowest BCUT2D eigenvalue weighted by molar-refractivity contribution is 0.567. The van der Waals surface area contributed by atoms with Crippen LogP contribution in [0.3, 0.4) is 0 Å². The Morgan fingerprint density at radius 3 is 2.73 bits per heavy atom. The number of nitrogens with zero attached hydrogens (tertiary/aromatic N) is 3. The van der Waals surface area contributed by atoms with Crippen molar-refractivity contribution in [3.05, 3.63) is 54.2 Å². The number of halogens is 2. The highest BCUT2D eigenvalue weighted by atomic mass is 32.2. The summed E-state index contributed by atoms with van der Waals surface area (Å²) in [4.78, 5) is 9.96. The van der Waals surface area contributed by atoms with Gasteiger partial charge in [-0.2, -0.15) is 0 Å². The van der Waals surface area contributed by atoms with Gasteiger partial charge in [0, 0.05) is 31.9 Å². The van der Waals surface area contributed by atoms with E-state index >= 15 is 0 Å². The molecule has 1 fully saturated rings. The van der Waals surface area contributed by atoms with E-state index in [4.69, 9.17) is 0 Å². The Labute approximate surface area is 175 Å². The summed E-state index contributed by atoms with van der Waals surface area (Å²) in [7, 11) is -3.77. The first-order valence-electron chi connectivity index (χ1n) is 9.78. The molecule has 3 rings (SSSR count). The summed E-state index contributed by atoms with van der Waals surface area (Å²) in [5.41, 5.74) is 0. The molecule has 1 unspecified atom stereocenters. The number of benzene rings is 1. The maximum Gasteiger partial charge on any atom is 0.191 e. The molecule has 2 heterocycles. The van der Waals surface area contributed by atoms with Crippen LogP contribution >= 0.6 is 0 Å². The van der Waals surface area contributed by atoms with Gasteiger partial charge in [-0.1, -0.05) is 12.1 Å². The van der Waals surface area contributed by atoms with Crippen molar-refractivity contribution in [3.63, 3.8) is 0 Å². The van der Waals surface area contributed by atoms with E-state index in [1.54, 1.807) is 12.3 Å². The number of sulfone groups is 1. The quantitative estimate of drug-likeness (QED) is 0.509. The molecule has 0 bridgehead atoms. The fourth-order valence-corrected chi connectivity index (χ4v) is 4.48. The first-order chi connectivity index (χ1) is 14.4. The number of anilines is 1. The second-order valence-electron chi connectivity index (χ2n) is 6.89. The van der Waals surface area contributed by atoms with E-state index < -0.39 is 15.7 Å². The molecular formula is C20H25F2N5O2S. The fourth-order valence-electron chi connectivity index (χ4n) is 3.28. The second-order valence-corrected chi connectivity index (χ2v) is 8.97. The molecule has 1 aliphatic rings. The number of hydrogen-bond acceptors (Lipinski definition) is 5.